The highest BCUT2D eigenvalue weighted by Crippen LogP contribution is 2.25. The molecular formula is C23H22N6O2. The van der Waals surface area contributed by atoms with Gasteiger partial charge in [-0.3, -0.25) is 9.59 Å². The largest absolute Gasteiger partial charge is 0.366 e. The molecule has 0 bridgehead atoms. The van der Waals surface area contributed by atoms with Crippen LogP contribution in [0.15, 0.2) is 67.1 Å². The van der Waals surface area contributed by atoms with Crippen molar-refractivity contribution in [1.82, 2.24) is 19.7 Å². The summed E-state index contributed by atoms with van der Waals surface area (Å²) < 4.78 is 1.87. The number of nitrogens with two attached hydrogens (primary N) is 1. The number of nitrogens with one attached hydrogen (secondary N) is 2. The van der Waals surface area contributed by atoms with Crippen LogP contribution in [0.1, 0.15) is 34.1 Å². The molecule has 0 radical (unpaired) electrons. The van der Waals surface area contributed by atoms with Crippen molar-refractivity contribution in [3.05, 3.63) is 78.2 Å². The van der Waals surface area contributed by atoms with E-state index in [0.717, 1.165) is 17.7 Å². The fourth-order valence-corrected chi connectivity index (χ4v) is 3.14. The Balaban J connectivity index is 1.62. The molecule has 8 heteroatoms. The predicted molar refractivity (Wildman–Crippen MR) is 119 cm³/mol. The minimum absolute atomic E-state index is 0.0939. The summed E-state index contributed by atoms with van der Waals surface area (Å²) in [5, 5.41) is 6.14. The van der Waals surface area contributed by atoms with Crippen molar-refractivity contribution in [2.45, 2.75) is 13.3 Å². The van der Waals surface area contributed by atoms with Gasteiger partial charge in [-0.15, -0.1) is 0 Å². The smallest absolute Gasteiger partial charge is 0.251 e. The van der Waals surface area contributed by atoms with Crippen molar-refractivity contribution >= 4 is 29.0 Å². The quantitative estimate of drug-likeness (QED) is 0.429. The minimum Gasteiger partial charge on any atom is -0.366 e. The maximum Gasteiger partial charge on any atom is 0.251 e. The zero-order valence-electron chi connectivity index (χ0n) is 17.0. The third-order valence-electron chi connectivity index (χ3n) is 4.78. The first-order chi connectivity index (χ1) is 15.0. The van der Waals surface area contributed by atoms with Crippen molar-refractivity contribution in [2.24, 2.45) is 5.73 Å². The van der Waals surface area contributed by atoms with Gasteiger partial charge in [-0.05, 0) is 42.8 Å². The van der Waals surface area contributed by atoms with Crippen LogP contribution in [0.4, 0.5) is 11.5 Å². The molecule has 0 saturated heterocycles. The third kappa shape index (κ3) is 4.37. The predicted octanol–water partition coefficient (Wildman–Crippen LogP) is 3.38. The fourth-order valence-electron chi connectivity index (χ4n) is 3.14. The molecule has 0 aliphatic rings. The lowest BCUT2D eigenvalue weighted by Gasteiger charge is -2.11. The Morgan fingerprint density at radius 2 is 1.74 bits per heavy atom. The van der Waals surface area contributed by atoms with Crippen LogP contribution in [0.3, 0.4) is 0 Å². The number of rotatable bonds is 7. The zero-order chi connectivity index (χ0) is 21.8. The number of primary amides is 1. The molecule has 4 aromatic rings. The average molecular weight is 414 g/mol. The summed E-state index contributed by atoms with van der Waals surface area (Å²) in [6, 6.07) is 14.1. The molecule has 0 saturated carbocycles. The van der Waals surface area contributed by atoms with E-state index < -0.39 is 5.91 Å². The van der Waals surface area contributed by atoms with Gasteiger partial charge in [0.1, 0.15) is 0 Å². The van der Waals surface area contributed by atoms with Gasteiger partial charge in [-0.2, -0.15) is 0 Å². The lowest BCUT2D eigenvalue weighted by Crippen LogP contribution is -2.23. The van der Waals surface area contributed by atoms with Gasteiger partial charge in [0, 0.05) is 47.5 Å². The van der Waals surface area contributed by atoms with Gasteiger partial charge in [0.25, 0.3) is 5.91 Å². The average Bonchev–Trinajstić information content (AvgIpc) is 3.27. The number of imidazole rings is 1. The van der Waals surface area contributed by atoms with Gasteiger partial charge in [0.05, 0.1) is 5.69 Å². The number of anilines is 2. The molecule has 4 rings (SSSR count). The van der Waals surface area contributed by atoms with Gasteiger partial charge in [0.15, 0.2) is 11.5 Å². The van der Waals surface area contributed by atoms with E-state index in [4.69, 9.17) is 10.7 Å². The van der Waals surface area contributed by atoms with Gasteiger partial charge in [-0.25, -0.2) is 9.97 Å². The summed E-state index contributed by atoms with van der Waals surface area (Å²) in [7, 11) is 0. The normalized spacial score (nSPS) is 10.7. The standard InChI is InChI=1S/C23H22N6O2/c1-2-11-26-23(31)17-7-9-18(10-8-17)27-21-22-25-12-13-29(22)14-19(28-21)15-3-5-16(6-4-15)20(24)30/h3-10,12-14H,2,11H2,1H3,(H2,24,30)(H,26,31)(H,27,28). The molecule has 0 fully saturated rings. The summed E-state index contributed by atoms with van der Waals surface area (Å²) in [6.45, 7) is 2.66. The number of fused-ring (bicyclic) bond motifs is 1. The highest BCUT2D eigenvalue weighted by molar-refractivity contribution is 5.94. The first-order valence-electron chi connectivity index (χ1n) is 9.94. The number of carbonyl (C=O) groups is 2. The first kappa shape index (κ1) is 20.1. The maximum atomic E-state index is 12.1. The molecule has 2 aromatic heterocycles. The summed E-state index contributed by atoms with van der Waals surface area (Å²) >= 11 is 0. The Labute approximate surface area is 179 Å². The molecule has 4 N–H and O–H groups in total. The van der Waals surface area contributed by atoms with E-state index in [0.29, 0.717) is 34.8 Å². The topological polar surface area (TPSA) is 114 Å². The van der Waals surface area contributed by atoms with Gasteiger partial charge in [-0.1, -0.05) is 19.1 Å². The number of hydrogen-bond acceptors (Lipinski definition) is 5. The van der Waals surface area contributed by atoms with Crippen LogP contribution >= 0.6 is 0 Å². The molecule has 156 valence electrons. The minimum atomic E-state index is -0.473. The second kappa shape index (κ2) is 8.66. The molecule has 2 amide bonds. The molecule has 0 spiro atoms. The van der Waals surface area contributed by atoms with Crippen LogP contribution in [0.2, 0.25) is 0 Å². The van der Waals surface area contributed by atoms with Gasteiger partial charge < -0.3 is 20.8 Å². The van der Waals surface area contributed by atoms with E-state index in [1.165, 1.54) is 0 Å². The Hall–Kier alpha value is -4.20. The van der Waals surface area contributed by atoms with Crippen molar-refractivity contribution in [3.63, 3.8) is 0 Å². The summed E-state index contributed by atoms with van der Waals surface area (Å²) in [5.41, 5.74) is 9.36. The Morgan fingerprint density at radius 3 is 2.42 bits per heavy atom. The maximum absolute atomic E-state index is 12.1. The monoisotopic (exact) mass is 414 g/mol. The first-order valence-corrected chi connectivity index (χ1v) is 9.94. The lowest BCUT2D eigenvalue weighted by atomic mass is 10.1. The highest BCUT2D eigenvalue weighted by atomic mass is 16.2. The molecule has 0 atom stereocenters. The molecule has 0 unspecified atom stereocenters. The molecule has 31 heavy (non-hydrogen) atoms. The number of nitrogens with zero attached hydrogens (tertiary/aromatic N) is 3. The lowest BCUT2D eigenvalue weighted by molar-refractivity contribution is 0.0952. The van der Waals surface area contributed by atoms with E-state index >= 15 is 0 Å². The molecule has 8 nitrogen and oxygen atoms in total. The van der Waals surface area contributed by atoms with E-state index in [2.05, 4.69) is 15.6 Å². The number of hydrogen-bond donors (Lipinski definition) is 3. The second-order valence-electron chi connectivity index (χ2n) is 7.03. The molecule has 0 aliphatic heterocycles. The number of benzene rings is 2. The van der Waals surface area contributed by atoms with Crippen LogP contribution < -0.4 is 16.4 Å². The van der Waals surface area contributed by atoms with Crippen LogP contribution in [0.5, 0.6) is 0 Å². The summed E-state index contributed by atoms with van der Waals surface area (Å²) in [5.74, 6) is 0.00647. The molecular weight excluding hydrogens is 392 g/mol. The van der Waals surface area contributed by atoms with Crippen molar-refractivity contribution in [2.75, 3.05) is 11.9 Å². The Kier molecular flexibility index (Phi) is 5.61. The third-order valence-corrected chi connectivity index (χ3v) is 4.78. The number of aromatic nitrogens is 3. The van der Waals surface area contributed by atoms with Crippen LogP contribution in [-0.2, 0) is 0 Å². The number of amides is 2. The van der Waals surface area contributed by atoms with E-state index in [1.807, 2.05) is 35.9 Å². The van der Waals surface area contributed by atoms with E-state index in [1.54, 1.807) is 42.6 Å². The van der Waals surface area contributed by atoms with Gasteiger partial charge >= 0.3 is 0 Å². The highest BCUT2D eigenvalue weighted by Gasteiger charge is 2.11. The van der Waals surface area contributed by atoms with Crippen LogP contribution in [-0.4, -0.2) is 32.7 Å². The molecule has 0 aliphatic carbocycles. The van der Waals surface area contributed by atoms with Gasteiger partial charge in [0.2, 0.25) is 5.91 Å². The Bertz CT molecular complexity index is 1230. The fraction of sp³-hybridized carbons (Fsp3) is 0.130. The van der Waals surface area contributed by atoms with Crippen LogP contribution in [0, 0.1) is 0 Å². The summed E-state index contributed by atoms with van der Waals surface area (Å²) in [4.78, 5) is 32.5. The van der Waals surface area contributed by atoms with Crippen molar-refractivity contribution in [1.29, 1.82) is 0 Å². The van der Waals surface area contributed by atoms with Crippen LogP contribution in [0.25, 0.3) is 16.9 Å². The summed E-state index contributed by atoms with van der Waals surface area (Å²) in [6.07, 6.45) is 6.29. The number of carbonyl (C=O) groups excluding carboxylic acids is 2. The molecule has 2 aromatic carbocycles. The van der Waals surface area contributed by atoms with Crippen molar-refractivity contribution < 1.29 is 9.59 Å². The van der Waals surface area contributed by atoms with E-state index in [9.17, 15) is 9.59 Å². The zero-order valence-corrected chi connectivity index (χ0v) is 17.0. The SMILES string of the molecule is CCCNC(=O)c1ccc(Nc2nc(-c3ccc(C(N)=O)cc3)cn3ccnc23)cc1. The Morgan fingerprint density at radius 1 is 1.03 bits per heavy atom. The van der Waals surface area contributed by atoms with Crippen molar-refractivity contribution in [3.8, 4) is 11.3 Å². The van der Waals surface area contributed by atoms with E-state index in [-0.39, 0.29) is 5.91 Å². The second-order valence-corrected chi connectivity index (χ2v) is 7.03. The molecule has 2 heterocycles.